The van der Waals surface area contributed by atoms with Gasteiger partial charge in [0.15, 0.2) is 0 Å². The Bertz CT molecular complexity index is 474. The third-order valence-corrected chi connectivity index (χ3v) is 3.04. The number of aryl methyl sites for hydroxylation is 2. The lowest BCUT2D eigenvalue weighted by Gasteiger charge is -2.09. The largest absolute Gasteiger partial charge is 0.337 e. The highest BCUT2D eigenvalue weighted by Gasteiger charge is 2.01. The van der Waals surface area contributed by atoms with Gasteiger partial charge in [-0.2, -0.15) is 0 Å². The van der Waals surface area contributed by atoms with Crippen molar-refractivity contribution in [2.75, 3.05) is 0 Å². The number of rotatable bonds is 5. The van der Waals surface area contributed by atoms with Gasteiger partial charge in [0, 0.05) is 26.3 Å². The first kappa shape index (κ1) is 11.9. The van der Waals surface area contributed by atoms with Gasteiger partial charge in [0.25, 0.3) is 0 Å². The van der Waals surface area contributed by atoms with E-state index < -0.39 is 0 Å². The van der Waals surface area contributed by atoms with Gasteiger partial charge in [0.05, 0.1) is 12.0 Å². The fraction of sp³-hybridized carbons (Fsp3) is 0.357. The summed E-state index contributed by atoms with van der Waals surface area (Å²) in [6.45, 7) is 3.96. The number of benzene rings is 1. The van der Waals surface area contributed by atoms with E-state index in [4.69, 9.17) is 0 Å². The van der Waals surface area contributed by atoms with Crippen LogP contribution in [-0.4, -0.2) is 9.55 Å². The Labute approximate surface area is 103 Å². The maximum Gasteiger partial charge on any atom is 0.0945 e. The number of aromatic nitrogens is 2. The van der Waals surface area contributed by atoms with Gasteiger partial charge in [-0.25, -0.2) is 4.98 Å². The summed E-state index contributed by atoms with van der Waals surface area (Å²) in [4.78, 5) is 4.10. The van der Waals surface area contributed by atoms with Crippen molar-refractivity contribution in [3.8, 4) is 0 Å². The molecule has 0 fully saturated rings. The van der Waals surface area contributed by atoms with Gasteiger partial charge in [-0.05, 0) is 17.5 Å². The second-order valence-corrected chi connectivity index (χ2v) is 4.22. The molecule has 0 bridgehead atoms. The first-order valence-electron chi connectivity index (χ1n) is 6.04. The van der Waals surface area contributed by atoms with Crippen LogP contribution in [0.4, 0.5) is 0 Å². The molecular formula is C14H19N3. The number of hydrogen-bond acceptors (Lipinski definition) is 2. The van der Waals surface area contributed by atoms with Crippen molar-refractivity contribution in [3.05, 3.63) is 53.6 Å². The molecule has 3 nitrogen and oxygen atoms in total. The molecule has 0 radical (unpaired) electrons. The molecule has 90 valence electrons. The summed E-state index contributed by atoms with van der Waals surface area (Å²) in [6, 6.07) is 8.58. The van der Waals surface area contributed by atoms with Gasteiger partial charge in [-0.3, -0.25) is 0 Å². The minimum atomic E-state index is 0.856. The fourth-order valence-corrected chi connectivity index (χ4v) is 1.96. The van der Waals surface area contributed by atoms with Crippen molar-refractivity contribution in [2.45, 2.75) is 26.4 Å². The first-order chi connectivity index (χ1) is 8.31. The van der Waals surface area contributed by atoms with Crippen LogP contribution in [0.25, 0.3) is 0 Å². The normalized spacial score (nSPS) is 10.7. The van der Waals surface area contributed by atoms with Crippen LogP contribution < -0.4 is 5.32 Å². The van der Waals surface area contributed by atoms with E-state index >= 15 is 0 Å². The van der Waals surface area contributed by atoms with Crippen LogP contribution in [0.1, 0.15) is 23.7 Å². The average Bonchev–Trinajstić information content (AvgIpc) is 2.76. The monoisotopic (exact) mass is 229 g/mol. The van der Waals surface area contributed by atoms with Gasteiger partial charge in [0.2, 0.25) is 0 Å². The predicted molar refractivity (Wildman–Crippen MR) is 69.6 cm³/mol. The summed E-state index contributed by atoms with van der Waals surface area (Å²) in [6.07, 6.45) is 4.82. The molecule has 0 amide bonds. The summed E-state index contributed by atoms with van der Waals surface area (Å²) in [5.74, 6) is 0. The van der Waals surface area contributed by atoms with Crippen LogP contribution >= 0.6 is 0 Å². The second kappa shape index (κ2) is 5.64. The Morgan fingerprint density at radius 1 is 1.18 bits per heavy atom. The van der Waals surface area contributed by atoms with Gasteiger partial charge in [-0.15, -0.1) is 0 Å². The van der Waals surface area contributed by atoms with Gasteiger partial charge < -0.3 is 9.88 Å². The quantitative estimate of drug-likeness (QED) is 0.852. The van der Waals surface area contributed by atoms with E-state index in [2.05, 4.69) is 41.5 Å². The summed E-state index contributed by atoms with van der Waals surface area (Å²) < 4.78 is 2.04. The molecule has 0 saturated heterocycles. The highest BCUT2D eigenvalue weighted by Crippen LogP contribution is 2.09. The van der Waals surface area contributed by atoms with Gasteiger partial charge >= 0.3 is 0 Å². The van der Waals surface area contributed by atoms with Crippen LogP contribution in [0.5, 0.6) is 0 Å². The maximum atomic E-state index is 4.10. The zero-order valence-electron chi connectivity index (χ0n) is 10.5. The second-order valence-electron chi connectivity index (χ2n) is 4.22. The summed E-state index contributed by atoms with van der Waals surface area (Å²) >= 11 is 0. The Kier molecular flexibility index (Phi) is 3.94. The van der Waals surface area contributed by atoms with Crippen molar-refractivity contribution in [2.24, 2.45) is 7.05 Å². The van der Waals surface area contributed by atoms with E-state index in [1.165, 1.54) is 16.8 Å². The van der Waals surface area contributed by atoms with Crippen LogP contribution in [-0.2, 0) is 26.6 Å². The molecule has 2 rings (SSSR count). The minimum absolute atomic E-state index is 0.856. The zero-order chi connectivity index (χ0) is 12.1. The molecule has 0 aliphatic heterocycles. The van der Waals surface area contributed by atoms with Gasteiger partial charge in [-0.1, -0.05) is 31.2 Å². The molecule has 2 aromatic rings. The Morgan fingerprint density at radius 3 is 2.59 bits per heavy atom. The smallest absolute Gasteiger partial charge is 0.0945 e. The molecular weight excluding hydrogens is 210 g/mol. The zero-order valence-corrected chi connectivity index (χ0v) is 10.5. The van der Waals surface area contributed by atoms with Crippen LogP contribution in [0.2, 0.25) is 0 Å². The van der Waals surface area contributed by atoms with Crippen molar-refractivity contribution in [1.82, 2.24) is 14.9 Å². The Hall–Kier alpha value is -1.61. The predicted octanol–water partition coefficient (Wildman–Crippen LogP) is 2.27. The molecule has 0 unspecified atom stereocenters. The van der Waals surface area contributed by atoms with Crippen molar-refractivity contribution < 1.29 is 0 Å². The highest BCUT2D eigenvalue weighted by molar-refractivity contribution is 5.26. The number of nitrogens with one attached hydrogen (secondary N) is 1. The molecule has 0 aliphatic rings. The van der Waals surface area contributed by atoms with Crippen molar-refractivity contribution in [1.29, 1.82) is 0 Å². The van der Waals surface area contributed by atoms with E-state index in [9.17, 15) is 0 Å². The third kappa shape index (κ3) is 2.94. The SMILES string of the molecule is CCc1ccccc1CNCc1cncn1C. The average molecular weight is 229 g/mol. The van der Waals surface area contributed by atoms with E-state index in [1.807, 2.05) is 24.1 Å². The molecule has 0 saturated carbocycles. The Morgan fingerprint density at radius 2 is 1.94 bits per heavy atom. The number of nitrogens with zero attached hydrogens (tertiary/aromatic N) is 2. The lowest BCUT2D eigenvalue weighted by molar-refractivity contribution is 0.652. The maximum absolute atomic E-state index is 4.10. The van der Waals surface area contributed by atoms with Crippen molar-refractivity contribution in [3.63, 3.8) is 0 Å². The summed E-state index contributed by atoms with van der Waals surface area (Å²) in [5, 5.41) is 3.46. The standard InChI is InChI=1S/C14H19N3/c1-3-12-6-4-5-7-13(12)8-15-9-14-10-16-11-17(14)2/h4-7,10-11,15H,3,8-9H2,1-2H3. The molecule has 0 atom stereocenters. The molecule has 1 heterocycles. The lowest BCUT2D eigenvalue weighted by atomic mass is 10.1. The van der Waals surface area contributed by atoms with Crippen LogP contribution in [0, 0.1) is 0 Å². The number of imidazole rings is 1. The molecule has 1 N–H and O–H groups in total. The molecule has 0 aliphatic carbocycles. The van der Waals surface area contributed by atoms with E-state index in [1.54, 1.807) is 0 Å². The van der Waals surface area contributed by atoms with E-state index in [-0.39, 0.29) is 0 Å². The van der Waals surface area contributed by atoms with Crippen LogP contribution in [0.15, 0.2) is 36.8 Å². The Balaban J connectivity index is 1.92. The number of hydrogen-bond donors (Lipinski definition) is 1. The molecule has 1 aromatic heterocycles. The van der Waals surface area contributed by atoms with Crippen molar-refractivity contribution >= 4 is 0 Å². The molecule has 1 aromatic carbocycles. The van der Waals surface area contributed by atoms with E-state index in [0.717, 1.165) is 19.5 Å². The summed E-state index contributed by atoms with van der Waals surface area (Å²) in [5.41, 5.74) is 4.01. The topological polar surface area (TPSA) is 29.9 Å². The third-order valence-electron chi connectivity index (χ3n) is 3.04. The lowest BCUT2D eigenvalue weighted by Crippen LogP contribution is -2.15. The molecule has 17 heavy (non-hydrogen) atoms. The molecule has 0 spiro atoms. The van der Waals surface area contributed by atoms with Crippen LogP contribution in [0.3, 0.4) is 0 Å². The first-order valence-corrected chi connectivity index (χ1v) is 6.04. The summed E-state index contributed by atoms with van der Waals surface area (Å²) in [7, 11) is 2.02. The molecule has 3 heteroatoms. The van der Waals surface area contributed by atoms with E-state index in [0.29, 0.717) is 0 Å². The minimum Gasteiger partial charge on any atom is -0.337 e. The van der Waals surface area contributed by atoms with Gasteiger partial charge in [0.1, 0.15) is 0 Å². The highest BCUT2D eigenvalue weighted by atomic mass is 15.0. The fourth-order valence-electron chi connectivity index (χ4n) is 1.96.